The number of aliphatic hydroxyl groups is 2. The highest BCUT2D eigenvalue weighted by Crippen LogP contribution is 2.16. The van der Waals surface area contributed by atoms with Crippen LogP contribution in [0.3, 0.4) is 0 Å². The average Bonchev–Trinajstić information content (AvgIpc) is 2.38. The molecule has 0 aliphatic rings. The Morgan fingerprint density at radius 2 is 2.05 bits per heavy atom. The van der Waals surface area contributed by atoms with Crippen molar-refractivity contribution in [1.82, 2.24) is 5.32 Å². The highest BCUT2D eigenvalue weighted by Gasteiger charge is 2.19. The number of carbonyl (C=O) groups is 1. The number of rotatable bonds is 6. The fourth-order valence-corrected chi connectivity index (χ4v) is 1.35. The molecule has 0 radical (unpaired) electrons. The predicted molar refractivity (Wildman–Crippen MR) is 72.1 cm³/mol. The highest BCUT2D eigenvalue weighted by molar-refractivity contribution is 5.77. The van der Waals surface area contributed by atoms with Crippen LogP contribution in [-0.2, 0) is 4.79 Å². The summed E-state index contributed by atoms with van der Waals surface area (Å²) in [6.07, 6.45) is 0. The van der Waals surface area contributed by atoms with E-state index in [9.17, 15) is 9.90 Å². The minimum atomic E-state index is -1.31. The van der Waals surface area contributed by atoms with E-state index in [1.165, 1.54) is 6.92 Å². The largest absolute Gasteiger partial charge is 0.484 e. The second-order valence-corrected chi connectivity index (χ2v) is 4.97. The minimum absolute atomic E-state index is 0.0153. The zero-order valence-electron chi connectivity index (χ0n) is 11.6. The van der Waals surface area contributed by atoms with Crippen LogP contribution in [0.5, 0.6) is 5.75 Å². The fraction of sp³-hybridized carbons (Fsp3) is 0.500. The molecule has 1 unspecified atom stereocenters. The van der Waals surface area contributed by atoms with Gasteiger partial charge in [-0.25, -0.2) is 0 Å². The van der Waals surface area contributed by atoms with Gasteiger partial charge >= 0.3 is 0 Å². The summed E-state index contributed by atoms with van der Waals surface area (Å²) in [5.41, 5.74) is 0.952. The maximum Gasteiger partial charge on any atom is 0.258 e. The van der Waals surface area contributed by atoms with E-state index in [1.54, 1.807) is 6.07 Å². The zero-order chi connectivity index (χ0) is 14.5. The first-order valence-corrected chi connectivity index (χ1v) is 6.14. The fourth-order valence-electron chi connectivity index (χ4n) is 1.35. The molecule has 0 bridgehead atoms. The minimum Gasteiger partial charge on any atom is -0.484 e. The second-order valence-electron chi connectivity index (χ2n) is 4.97. The summed E-state index contributed by atoms with van der Waals surface area (Å²) in [5, 5.41) is 20.9. The van der Waals surface area contributed by atoms with Crippen molar-refractivity contribution in [2.45, 2.75) is 26.4 Å². The Labute approximate surface area is 113 Å². The summed E-state index contributed by atoms with van der Waals surface area (Å²) in [7, 11) is 0. The Morgan fingerprint density at radius 1 is 1.37 bits per heavy atom. The topological polar surface area (TPSA) is 78.8 Å². The van der Waals surface area contributed by atoms with Crippen LogP contribution >= 0.6 is 0 Å². The first-order valence-electron chi connectivity index (χ1n) is 6.14. The molecule has 1 aromatic carbocycles. The van der Waals surface area contributed by atoms with Crippen LogP contribution in [0.15, 0.2) is 18.2 Å². The average molecular weight is 267 g/mol. The molecule has 1 aromatic rings. The van der Waals surface area contributed by atoms with E-state index in [1.807, 2.05) is 26.0 Å². The molecule has 106 valence electrons. The number of benzene rings is 1. The Bertz CT molecular complexity index is 443. The van der Waals surface area contributed by atoms with Crippen molar-refractivity contribution in [1.29, 1.82) is 0 Å². The Balaban J connectivity index is 2.40. The monoisotopic (exact) mass is 267 g/mol. The van der Waals surface area contributed by atoms with Gasteiger partial charge in [0.15, 0.2) is 6.61 Å². The molecule has 1 atom stereocenters. The van der Waals surface area contributed by atoms with E-state index in [4.69, 9.17) is 9.84 Å². The molecule has 0 saturated heterocycles. The van der Waals surface area contributed by atoms with Gasteiger partial charge < -0.3 is 20.3 Å². The molecule has 0 fully saturated rings. The van der Waals surface area contributed by atoms with E-state index in [-0.39, 0.29) is 19.1 Å². The van der Waals surface area contributed by atoms with E-state index < -0.39 is 12.2 Å². The van der Waals surface area contributed by atoms with Gasteiger partial charge in [0.05, 0.1) is 6.61 Å². The number of nitrogens with one attached hydrogen (secondary N) is 1. The highest BCUT2D eigenvalue weighted by atomic mass is 16.5. The summed E-state index contributed by atoms with van der Waals surface area (Å²) >= 11 is 0. The van der Waals surface area contributed by atoms with Crippen molar-refractivity contribution in [2.75, 3.05) is 19.8 Å². The SMILES string of the molecule is Cc1ccc(OCC(=O)NCC(C)(O)CO)cc1C. The van der Waals surface area contributed by atoms with Gasteiger partial charge in [-0.05, 0) is 44.0 Å². The predicted octanol–water partition coefficient (Wildman–Crippen LogP) is 0.542. The lowest BCUT2D eigenvalue weighted by atomic mass is 10.1. The van der Waals surface area contributed by atoms with Crippen molar-refractivity contribution in [2.24, 2.45) is 0 Å². The Hall–Kier alpha value is -1.59. The summed E-state index contributed by atoms with van der Waals surface area (Å²) in [4.78, 5) is 11.5. The van der Waals surface area contributed by atoms with Gasteiger partial charge in [-0.1, -0.05) is 6.07 Å². The van der Waals surface area contributed by atoms with Crippen LogP contribution < -0.4 is 10.1 Å². The molecule has 0 aliphatic carbocycles. The van der Waals surface area contributed by atoms with Crippen molar-refractivity contribution < 1.29 is 19.7 Å². The molecule has 0 heterocycles. The molecule has 1 amide bonds. The van der Waals surface area contributed by atoms with E-state index in [2.05, 4.69) is 5.32 Å². The third kappa shape index (κ3) is 5.28. The third-order valence-electron chi connectivity index (χ3n) is 2.86. The molecule has 1 rings (SSSR count). The molecule has 0 aromatic heterocycles. The van der Waals surface area contributed by atoms with Crippen LogP contribution in [0.2, 0.25) is 0 Å². The lowest BCUT2D eigenvalue weighted by Crippen LogP contribution is -2.44. The summed E-state index contributed by atoms with van der Waals surface area (Å²) in [5.74, 6) is 0.291. The maximum atomic E-state index is 11.5. The smallest absolute Gasteiger partial charge is 0.258 e. The molecular formula is C14H21NO4. The van der Waals surface area contributed by atoms with Crippen LogP contribution in [0.4, 0.5) is 0 Å². The quantitative estimate of drug-likeness (QED) is 0.703. The molecule has 19 heavy (non-hydrogen) atoms. The van der Waals surface area contributed by atoms with Crippen LogP contribution in [0.25, 0.3) is 0 Å². The number of hydrogen-bond donors (Lipinski definition) is 3. The van der Waals surface area contributed by atoms with Crippen molar-refractivity contribution in [3.63, 3.8) is 0 Å². The van der Waals surface area contributed by atoms with Gasteiger partial charge in [0.2, 0.25) is 0 Å². The number of aryl methyl sites for hydroxylation is 2. The molecule has 0 saturated carbocycles. The summed E-state index contributed by atoms with van der Waals surface area (Å²) in [6.45, 7) is 4.87. The van der Waals surface area contributed by atoms with Crippen molar-refractivity contribution in [3.8, 4) is 5.75 Å². The van der Waals surface area contributed by atoms with E-state index in [0.717, 1.165) is 11.1 Å². The lowest BCUT2D eigenvalue weighted by Gasteiger charge is -2.20. The summed E-state index contributed by atoms with van der Waals surface area (Å²) in [6, 6.07) is 5.60. The van der Waals surface area contributed by atoms with Gasteiger partial charge in [-0.15, -0.1) is 0 Å². The Kier molecular flexibility index (Phi) is 5.32. The molecule has 5 nitrogen and oxygen atoms in total. The van der Waals surface area contributed by atoms with Gasteiger partial charge in [0, 0.05) is 6.54 Å². The molecule has 3 N–H and O–H groups in total. The second kappa shape index (κ2) is 6.54. The van der Waals surface area contributed by atoms with E-state index in [0.29, 0.717) is 5.75 Å². The number of carbonyl (C=O) groups excluding carboxylic acids is 1. The van der Waals surface area contributed by atoms with Crippen LogP contribution in [0.1, 0.15) is 18.1 Å². The molecule has 5 heteroatoms. The normalized spacial score (nSPS) is 13.7. The first-order chi connectivity index (χ1) is 8.84. The Morgan fingerprint density at radius 3 is 2.63 bits per heavy atom. The van der Waals surface area contributed by atoms with Crippen LogP contribution in [0, 0.1) is 13.8 Å². The van der Waals surface area contributed by atoms with Gasteiger partial charge in [0.1, 0.15) is 11.4 Å². The molecule has 0 aliphatic heterocycles. The van der Waals surface area contributed by atoms with Crippen molar-refractivity contribution in [3.05, 3.63) is 29.3 Å². The van der Waals surface area contributed by atoms with Crippen molar-refractivity contribution >= 4 is 5.91 Å². The maximum absolute atomic E-state index is 11.5. The third-order valence-corrected chi connectivity index (χ3v) is 2.86. The first kappa shape index (κ1) is 15.5. The van der Waals surface area contributed by atoms with Crippen LogP contribution in [-0.4, -0.2) is 41.5 Å². The number of hydrogen-bond acceptors (Lipinski definition) is 4. The van der Waals surface area contributed by atoms with E-state index >= 15 is 0 Å². The number of ether oxygens (including phenoxy) is 1. The van der Waals surface area contributed by atoms with Gasteiger partial charge in [-0.3, -0.25) is 4.79 Å². The molecular weight excluding hydrogens is 246 g/mol. The zero-order valence-corrected chi connectivity index (χ0v) is 11.6. The number of aliphatic hydroxyl groups excluding tert-OH is 1. The standard InChI is InChI=1S/C14H21NO4/c1-10-4-5-12(6-11(10)2)19-7-13(17)15-8-14(3,18)9-16/h4-6,16,18H,7-9H2,1-3H3,(H,15,17). The number of amides is 1. The van der Waals surface area contributed by atoms with Gasteiger partial charge in [0.25, 0.3) is 5.91 Å². The summed E-state index contributed by atoms with van der Waals surface area (Å²) < 4.78 is 5.35. The van der Waals surface area contributed by atoms with Gasteiger partial charge in [-0.2, -0.15) is 0 Å². The lowest BCUT2D eigenvalue weighted by molar-refractivity contribution is -0.124. The molecule has 0 spiro atoms.